The smallest absolute Gasteiger partial charge is 0.251 e. The zero-order valence-corrected chi connectivity index (χ0v) is 16.7. The molecule has 0 saturated carbocycles. The lowest BCUT2D eigenvalue weighted by molar-refractivity contribution is -0.117. The van der Waals surface area contributed by atoms with Gasteiger partial charge in [0.1, 0.15) is 11.6 Å². The molecular weight excluding hydrogens is 356 g/mol. The van der Waals surface area contributed by atoms with Crippen LogP contribution in [-0.4, -0.2) is 40.6 Å². The number of amides is 1. The van der Waals surface area contributed by atoms with Gasteiger partial charge < -0.3 is 19.8 Å². The van der Waals surface area contributed by atoms with E-state index in [-0.39, 0.29) is 5.91 Å². The molecule has 0 fully saturated rings. The van der Waals surface area contributed by atoms with E-state index in [9.17, 15) is 4.79 Å². The zero-order chi connectivity index (χ0) is 20.4. The highest BCUT2D eigenvalue weighted by Crippen LogP contribution is 2.27. The number of rotatable bonds is 11. The lowest BCUT2D eigenvalue weighted by atomic mass is 10.1. The number of nitrogens with one attached hydrogen (secondary N) is 2. The van der Waals surface area contributed by atoms with Gasteiger partial charge in [0.15, 0.2) is 0 Å². The van der Waals surface area contributed by atoms with Crippen LogP contribution in [0.25, 0.3) is 6.08 Å². The number of carbonyl (C=O) groups is 1. The molecule has 0 bridgehead atoms. The van der Waals surface area contributed by atoms with Crippen LogP contribution in [0.1, 0.15) is 37.4 Å². The molecule has 0 radical (unpaired) electrons. The molecule has 2 heterocycles. The first-order valence-electron chi connectivity index (χ1n) is 9.46. The van der Waals surface area contributed by atoms with Crippen molar-refractivity contribution in [3.8, 4) is 11.6 Å². The molecule has 0 aliphatic heterocycles. The summed E-state index contributed by atoms with van der Waals surface area (Å²) in [5.41, 5.74) is 1.90. The van der Waals surface area contributed by atoms with Gasteiger partial charge >= 0.3 is 0 Å². The zero-order valence-electron chi connectivity index (χ0n) is 16.7. The molecule has 2 rings (SSSR count). The number of ether oxygens (including phenoxy) is 2. The van der Waals surface area contributed by atoms with Crippen LogP contribution in [0.4, 0.5) is 0 Å². The Kier molecular flexibility index (Phi) is 8.27. The summed E-state index contributed by atoms with van der Waals surface area (Å²) in [6.07, 6.45) is 8.29. The van der Waals surface area contributed by atoms with Gasteiger partial charge in [0.05, 0.1) is 18.9 Å². The molecule has 0 atom stereocenters. The number of pyridine rings is 1. The van der Waals surface area contributed by atoms with Gasteiger partial charge in [-0.2, -0.15) is 0 Å². The summed E-state index contributed by atoms with van der Waals surface area (Å²) in [5.74, 6) is 1.86. The molecule has 150 valence electrons. The van der Waals surface area contributed by atoms with Gasteiger partial charge in [-0.25, -0.2) is 9.97 Å². The average Bonchev–Trinajstić information content (AvgIpc) is 3.20. The number of H-pyrrole nitrogens is 1. The van der Waals surface area contributed by atoms with Gasteiger partial charge in [-0.1, -0.05) is 12.7 Å². The van der Waals surface area contributed by atoms with Crippen molar-refractivity contribution in [2.45, 2.75) is 33.6 Å². The average molecular weight is 384 g/mol. The standard InChI is InChI=1S/C21H28N4O3/c1-5-16(21(26)24-10-8-9-19-22-11-12-23-19)13-17-15(4)18(27-6-2)14-20(25-17)28-7-3/h5,11-14H,1,6-10H2,2-4H3,(H,22,23)(H,24,26)/b16-13+. The summed E-state index contributed by atoms with van der Waals surface area (Å²) in [5, 5.41) is 2.90. The van der Waals surface area contributed by atoms with E-state index in [4.69, 9.17) is 9.47 Å². The van der Waals surface area contributed by atoms with Crippen LogP contribution >= 0.6 is 0 Å². The predicted octanol–water partition coefficient (Wildman–Crippen LogP) is 3.23. The second kappa shape index (κ2) is 10.9. The van der Waals surface area contributed by atoms with Crippen LogP contribution in [0.15, 0.2) is 36.7 Å². The van der Waals surface area contributed by atoms with Crippen LogP contribution in [0.2, 0.25) is 0 Å². The van der Waals surface area contributed by atoms with E-state index < -0.39 is 0 Å². The molecule has 0 saturated heterocycles. The van der Waals surface area contributed by atoms with Crippen molar-refractivity contribution in [3.63, 3.8) is 0 Å². The molecule has 28 heavy (non-hydrogen) atoms. The van der Waals surface area contributed by atoms with Crippen molar-refractivity contribution in [1.82, 2.24) is 20.3 Å². The summed E-state index contributed by atoms with van der Waals surface area (Å²) >= 11 is 0. The summed E-state index contributed by atoms with van der Waals surface area (Å²) in [7, 11) is 0. The first-order chi connectivity index (χ1) is 13.6. The lowest BCUT2D eigenvalue weighted by Crippen LogP contribution is -2.25. The highest BCUT2D eigenvalue weighted by atomic mass is 16.5. The normalized spacial score (nSPS) is 11.2. The SMILES string of the molecule is C=C/C(=C\c1nc(OCC)cc(OCC)c1C)C(=O)NCCCc1ncc[nH]1. The van der Waals surface area contributed by atoms with Gasteiger partial charge in [-0.3, -0.25) is 4.79 Å². The third-order valence-corrected chi connectivity index (χ3v) is 4.04. The fraction of sp³-hybridized carbons (Fsp3) is 0.381. The first kappa shape index (κ1) is 21.2. The number of aromatic nitrogens is 3. The Hall–Kier alpha value is -3.09. The molecule has 0 aliphatic carbocycles. The summed E-state index contributed by atoms with van der Waals surface area (Å²) in [6, 6.07) is 1.77. The highest BCUT2D eigenvalue weighted by Gasteiger charge is 2.12. The van der Waals surface area contributed by atoms with Crippen molar-refractivity contribution in [2.75, 3.05) is 19.8 Å². The fourth-order valence-corrected chi connectivity index (χ4v) is 2.61. The second-order valence-corrected chi connectivity index (χ2v) is 6.03. The number of carbonyl (C=O) groups excluding carboxylic acids is 1. The Morgan fingerprint density at radius 3 is 2.75 bits per heavy atom. The summed E-state index contributed by atoms with van der Waals surface area (Å²) in [4.78, 5) is 24.2. The number of imidazole rings is 1. The maximum absolute atomic E-state index is 12.5. The van der Waals surface area contributed by atoms with E-state index >= 15 is 0 Å². The van der Waals surface area contributed by atoms with Gasteiger partial charge in [-0.15, -0.1) is 0 Å². The van der Waals surface area contributed by atoms with Gasteiger partial charge in [-0.05, 0) is 33.3 Å². The minimum absolute atomic E-state index is 0.199. The summed E-state index contributed by atoms with van der Waals surface area (Å²) in [6.45, 7) is 11.0. The predicted molar refractivity (Wildman–Crippen MR) is 109 cm³/mol. The monoisotopic (exact) mass is 384 g/mol. The Morgan fingerprint density at radius 1 is 1.32 bits per heavy atom. The van der Waals surface area contributed by atoms with Gasteiger partial charge in [0.2, 0.25) is 5.88 Å². The van der Waals surface area contributed by atoms with E-state index in [1.807, 2.05) is 20.8 Å². The topological polar surface area (TPSA) is 89.1 Å². The van der Waals surface area contributed by atoms with E-state index in [1.165, 1.54) is 6.08 Å². The largest absolute Gasteiger partial charge is 0.493 e. The number of nitrogens with zero attached hydrogens (tertiary/aromatic N) is 2. The molecule has 0 aliphatic rings. The highest BCUT2D eigenvalue weighted by molar-refractivity contribution is 6.00. The Labute approximate surface area is 165 Å². The molecule has 0 spiro atoms. The Morgan fingerprint density at radius 2 is 2.11 bits per heavy atom. The number of aryl methyl sites for hydroxylation is 1. The fourth-order valence-electron chi connectivity index (χ4n) is 2.61. The van der Waals surface area contributed by atoms with E-state index in [0.29, 0.717) is 42.7 Å². The van der Waals surface area contributed by atoms with Gasteiger partial charge in [0.25, 0.3) is 5.91 Å². The van der Waals surface area contributed by atoms with Crippen molar-refractivity contribution in [3.05, 3.63) is 53.8 Å². The van der Waals surface area contributed by atoms with E-state index in [1.54, 1.807) is 24.5 Å². The van der Waals surface area contributed by atoms with Crippen LogP contribution in [-0.2, 0) is 11.2 Å². The third kappa shape index (κ3) is 5.97. The Balaban J connectivity index is 2.10. The quantitative estimate of drug-likeness (QED) is 0.353. The van der Waals surface area contributed by atoms with Crippen LogP contribution < -0.4 is 14.8 Å². The van der Waals surface area contributed by atoms with Crippen molar-refractivity contribution in [1.29, 1.82) is 0 Å². The van der Waals surface area contributed by atoms with Gasteiger partial charge in [0, 0.05) is 42.6 Å². The van der Waals surface area contributed by atoms with Crippen molar-refractivity contribution < 1.29 is 14.3 Å². The third-order valence-electron chi connectivity index (χ3n) is 4.04. The molecule has 2 aromatic heterocycles. The number of hydrogen-bond acceptors (Lipinski definition) is 5. The minimum atomic E-state index is -0.199. The van der Waals surface area contributed by atoms with Crippen molar-refractivity contribution in [2.24, 2.45) is 0 Å². The van der Waals surface area contributed by atoms with E-state index in [2.05, 4.69) is 26.8 Å². The van der Waals surface area contributed by atoms with Crippen molar-refractivity contribution >= 4 is 12.0 Å². The van der Waals surface area contributed by atoms with Crippen LogP contribution in [0.5, 0.6) is 11.6 Å². The molecule has 7 nitrogen and oxygen atoms in total. The summed E-state index contributed by atoms with van der Waals surface area (Å²) < 4.78 is 11.2. The molecule has 7 heteroatoms. The van der Waals surface area contributed by atoms with E-state index in [0.717, 1.165) is 24.2 Å². The second-order valence-electron chi connectivity index (χ2n) is 6.03. The molecule has 2 aromatic rings. The lowest BCUT2D eigenvalue weighted by Gasteiger charge is -2.13. The molecule has 2 N–H and O–H groups in total. The number of aromatic amines is 1. The maximum Gasteiger partial charge on any atom is 0.251 e. The maximum atomic E-state index is 12.5. The minimum Gasteiger partial charge on any atom is -0.493 e. The Bertz CT molecular complexity index is 813. The molecule has 0 unspecified atom stereocenters. The van der Waals surface area contributed by atoms with Crippen LogP contribution in [0, 0.1) is 6.92 Å². The molecular formula is C21H28N4O3. The number of hydrogen-bond donors (Lipinski definition) is 2. The first-order valence-corrected chi connectivity index (χ1v) is 9.46. The molecule has 1 amide bonds. The molecule has 0 aromatic carbocycles. The van der Waals surface area contributed by atoms with Crippen LogP contribution in [0.3, 0.4) is 0 Å².